The molecule has 3 aliphatic rings. The van der Waals surface area contributed by atoms with Gasteiger partial charge in [-0.05, 0) is 50.3 Å². The van der Waals surface area contributed by atoms with Gasteiger partial charge in [0.2, 0.25) is 11.7 Å². The Bertz CT molecular complexity index is 1070. The standard InChI is InChI=1S/C24H28N4O6/c1-28-18-7-6-16(12-22(29)26-14-3-2-4-14)33-21(18)13-32-19-8-5-15(11-17(19)24(28)31)27-23(30)20-9-10-25-34-20/h5,8-11,14,16,18,21H,2-4,6-7,12-13H2,1H3,(H,26,29)(H,27,30)/t16-,18+,21-/m1/s1. The second-order valence-electron chi connectivity index (χ2n) is 9.11. The van der Waals surface area contributed by atoms with Gasteiger partial charge < -0.3 is 29.5 Å². The minimum atomic E-state index is -0.460. The molecule has 34 heavy (non-hydrogen) atoms. The molecule has 0 unspecified atom stereocenters. The van der Waals surface area contributed by atoms with Crippen molar-refractivity contribution in [2.75, 3.05) is 19.0 Å². The van der Waals surface area contributed by atoms with Crippen LogP contribution in [-0.2, 0) is 9.53 Å². The van der Waals surface area contributed by atoms with Crippen molar-refractivity contribution < 1.29 is 28.4 Å². The highest BCUT2D eigenvalue weighted by molar-refractivity contribution is 6.04. The zero-order valence-corrected chi connectivity index (χ0v) is 19.0. The minimum Gasteiger partial charge on any atom is -0.490 e. The zero-order chi connectivity index (χ0) is 23.7. The van der Waals surface area contributed by atoms with Gasteiger partial charge in [-0.25, -0.2) is 0 Å². The van der Waals surface area contributed by atoms with E-state index in [2.05, 4.69) is 15.8 Å². The normalized spacial score (nSPS) is 24.6. The molecule has 0 spiro atoms. The number of ether oxygens (including phenoxy) is 2. The van der Waals surface area contributed by atoms with Gasteiger partial charge in [0.1, 0.15) is 18.5 Å². The number of anilines is 1. The van der Waals surface area contributed by atoms with Crippen LogP contribution in [0, 0.1) is 0 Å². The average molecular weight is 469 g/mol. The molecule has 3 heterocycles. The van der Waals surface area contributed by atoms with Crippen molar-refractivity contribution in [1.82, 2.24) is 15.4 Å². The number of hydrogen-bond acceptors (Lipinski definition) is 7. The van der Waals surface area contributed by atoms with Crippen LogP contribution in [0.5, 0.6) is 5.75 Å². The van der Waals surface area contributed by atoms with Crippen LogP contribution in [0.1, 0.15) is 59.4 Å². The number of nitrogens with one attached hydrogen (secondary N) is 2. The van der Waals surface area contributed by atoms with E-state index in [1.54, 1.807) is 30.1 Å². The Morgan fingerprint density at radius 3 is 2.76 bits per heavy atom. The summed E-state index contributed by atoms with van der Waals surface area (Å²) in [5, 5.41) is 9.29. The summed E-state index contributed by atoms with van der Waals surface area (Å²) < 4.78 is 17.1. The molecule has 1 aromatic heterocycles. The Hall–Kier alpha value is -3.40. The lowest BCUT2D eigenvalue weighted by molar-refractivity contribution is -0.135. The zero-order valence-electron chi connectivity index (χ0n) is 19.0. The van der Waals surface area contributed by atoms with E-state index in [0.29, 0.717) is 35.9 Å². The first-order valence-corrected chi connectivity index (χ1v) is 11.7. The lowest BCUT2D eigenvalue weighted by Crippen LogP contribution is -2.54. The SMILES string of the molecule is CN1C(=O)c2cc(NC(=O)c3ccno3)ccc2OC[C@H]2O[C@@H](CC(=O)NC3CCC3)CC[C@@H]21. The number of carbonyl (C=O) groups is 3. The number of fused-ring (bicyclic) bond motifs is 2. The number of rotatable bonds is 5. The van der Waals surface area contributed by atoms with Crippen molar-refractivity contribution in [3.05, 3.63) is 41.8 Å². The molecule has 0 radical (unpaired) electrons. The Labute approximate surface area is 196 Å². The van der Waals surface area contributed by atoms with Gasteiger partial charge in [0.15, 0.2) is 0 Å². The highest BCUT2D eigenvalue weighted by Gasteiger charge is 2.39. The third-order valence-corrected chi connectivity index (χ3v) is 6.81. The highest BCUT2D eigenvalue weighted by Crippen LogP contribution is 2.32. The van der Waals surface area contributed by atoms with Gasteiger partial charge in [-0.1, -0.05) is 5.16 Å². The summed E-state index contributed by atoms with van der Waals surface area (Å²) >= 11 is 0. The first-order chi connectivity index (χ1) is 16.5. The van der Waals surface area contributed by atoms with Crippen LogP contribution in [0.3, 0.4) is 0 Å². The van der Waals surface area contributed by atoms with Crippen LogP contribution < -0.4 is 15.4 Å². The molecular formula is C24H28N4O6. The lowest BCUT2D eigenvalue weighted by Gasteiger charge is -2.42. The number of amides is 3. The van der Waals surface area contributed by atoms with E-state index in [-0.39, 0.29) is 42.4 Å². The molecule has 2 N–H and O–H groups in total. The number of hydrogen-bond donors (Lipinski definition) is 2. The van der Waals surface area contributed by atoms with Crippen LogP contribution >= 0.6 is 0 Å². The summed E-state index contributed by atoms with van der Waals surface area (Å²) in [7, 11) is 1.75. The van der Waals surface area contributed by atoms with E-state index in [1.165, 1.54) is 18.7 Å². The van der Waals surface area contributed by atoms with Crippen molar-refractivity contribution in [3.63, 3.8) is 0 Å². The van der Waals surface area contributed by atoms with Gasteiger partial charge >= 0.3 is 0 Å². The molecule has 0 bridgehead atoms. The van der Waals surface area contributed by atoms with Gasteiger partial charge in [-0.2, -0.15) is 0 Å². The van der Waals surface area contributed by atoms with E-state index in [1.807, 2.05) is 0 Å². The summed E-state index contributed by atoms with van der Waals surface area (Å²) in [6, 6.07) is 6.51. The topological polar surface area (TPSA) is 123 Å². The number of aromatic nitrogens is 1. The van der Waals surface area contributed by atoms with E-state index in [9.17, 15) is 14.4 Å². The summed E-state index contributed by atoms with van der Waals surface area (Å²) in [6.45, 7) is 0.264. The molecule has 10 heteroatoms. The molecule has 2 aromatic rings. The molecule has 3 atom stereocenters. The van der Waals surface area contributed by atoms with Crippen LogP contribution in [0.2, 0.25) is 0 Å². The Balaban J connectivity index is 1.26. The van der Waals surface area contributed by atoms with Crippen LogP contribution in [-0.4, -0.2) is 65.7 Å². The molecular weight excluding hydrogens is 440 g/mol. The molecule has 1 saturated heterocycles. The van der Waals surface area contributed by atoms with Crippen molar-refractivity contribution in [2.24, 2.45) is 0 Å². The van der Waals surface area contributed by atoms with Gasteiger partial charge in [-0.15, -0.1) is 0 Å². The fourth-order valence-corrected chi connectivity index (χ4v) is 4.68. The largest absolute Gasteiger partial charge is 0.490 e. The van der Waals surface area contributed by atoms with Gasteiger partial charge in [0, 0.05) is 24.8 Å². The first-order valence-electron chi connectivity index (χ1n) is 11.7. The fraction of sp³-hybridized carbons (Fsp3) is 0.500. The predicted molar refractivity (Wildman–Crippen MR) is 121 cm³/mol. The monoisotopic (exact) mass is 468 g/mol. The third kappa shape index (κ3) is 4.63. The first kappa shape index (κ1) is 22.4. The molecule has 1 saturated carbocycles. The molecule has 3 amide bonds. The summed E-state index contributed by atoms with van der Waals surface area (Å²) in [6.07, 6.45) is 5.86. The van der Waals surface area contributed by atoms with Crippen molar-refractivity contribution in [2.45, 2.75) is 62.8 Å². The Kier molecular flexibility index (Phi) is 6.23. The number of likely N-dealkylation sites (N-methyl/N-ethyl adjacent to an activating group) is 1. The van der Waals surface area contributed by atoms with Gasteiger partial charge in [0.25, 0.3) is 11.8 Å². The maximum atomic E-state index is 13.3. The third-order valence-electron chi connectivity index (χ3n) is 6.81. The quantitative estimate of drug-likeness (QED) is 0.691. The number of carbonyl (C=O) groups excluding carboxylic acids is 3. The number of benzene rings is 1. The molecule has 5 rings (SSSR count). The van der Waals surface area contributed by atoms with Crippen molar-refractivity contribution in [1.29, 1.82) is 0 Å². The van der Waals surface area contributed by atoms with E-state index in [4.69, 9.17) is 14.0 Å². The summed E-state index contributed by atoms with van der Waals surface area (Å²) in [5.74, 6) is -0.163. The molecule has 1 aromatic carbocycles. The van der Waals surface area contributed by atoms with E-state index >= 15 is 0 Å². The summed E-state index contributed by atoms with van der Waals surface area (Å²) in [5.41, 5.74) is 0.804. The fourth-order valence-electron chi connectivity index (χ4n) is 4.68. The Morgan fingerprint density at radius 1 is 1.18 bits per heavy atom. The number of nitrogens with zero attached hydrogens (tertiary/aromatic N) is 2. The van der Waals surface area contributed by atoms with Gasteiger partial charge in [-0.3, -0.25) is 14.4 Å². The summed E-state index contributed by atoms with van der Waals surface area (Å²) in [4.78, 5) is 39.6. The van der Waals surface area contributed by atoms with Crippen molar-refractivity contribution in [3.8, 4) is 5.75 Å². The van der Waals surface area contributed by atoms with E-state index in [0.717, 1.165) is 19.3 Å². The van der Waals surface area contributed by atoms with Crippen LogP contribution in [0.15, 0.2) is 35.0 Å². The second kappa shape index (κ2) is 9.46. The second-order valence-corrected chi connectivity index (χ2v) is 9.11. The lowest BCUT2D eigenvalue weighted by atomic mass is 9.92. The van der Waals surface area contributed by atoms with Crippen LogP contribution in [0.25, 0.3) is 0 Å². The highest BCUT2D eigenvalue weighted by atomic mass is 16.5. The predicted octanol–water partition coefficient (Wildman–Crippen LogP) is 2.37. The van der Waals surface area contributed by atoms with Gasteiger partial charge in [0.05, 0.1) is 30.3 Å². The van der Waals surface area contributed by atoms with Crippen molar-refractivity contribution >= 4 is 23.4 Å². The maximum absolute atomic E-state index is 13.3. The van der Waals surface area contributed by atoms with E-state index < -0.39 is 5.91 Å². The molecule has 10 nitrogen and oxygen atoms in total. The van der Waals surface area contributed by atoms with Crippen LogP contribution in [0.4, 0.5) is 5.69 Å². The molecule has 1 aliphatic carbocycles. The minimum absolute atomic E-state index is 0.0228. The average Bonchev–Trinajstić information content (AvgIpc) is 3.34. The Morgan fingerprint density at radius 2 is 2.03 bits per heavy atom. The molecule has 2 aliphatic heterocycles. The smallest absolute Gasteiger partial charge is 0.294 e. The molecule has 2 fully saturated rings. The molecule has 180 valence electrons. The maximum Gasteiger partial charge on any atom is 0.294 e.